The van der Waals surface area contributed by atoms with Gasteiger partial charge in [-0.25, -0.2) is 0 Å². The van der Waals surface area contributed by atoms with Crippen LogP contribution in [0.5, 0.6) is 0 Å². The smallest absolute Gasteiger partial charge is 0.416 e. The van der Waals surface area contributed by atoms with Gasteiger partial charge in [-0.2, -0.15) is 13.2 Å². The Morgan fingerprint density at radius 1 is 1.17 bits per heavy atom. The zero-order valence-corrected chi connectivity index (χ0v) is 10.5. The maximum Gasteiger partial charge on any atom is 0.416 e. The first-order chi connectivity index (χ1) is 8.19. The Bertz CT molecular complexity index is 423. The molecule has 0 aliphatic rings. The van der Waals surface area contributed by atoms with E-state index in [0.29, 0.717) is 12.0 Å². The van der Waals surface area contributed by atoms with Gasteiger partial charge in [0.05, 0.1) is 5.56 Å². The van der Waals surface area contributed by atoms with E-state index in [0.717, 1.165) is 12.1 Å². The molecule has 0 fully saturated rings. The van der Waals surface area contributed by atoms with Crippen LogP contribution in [0.15, 0.2) is 24.3 Å². The lowest BCUT2D eigenvalue weighted by atomic mass is 9.92. The van der Waals surface area contributed by atoms with Gasteiger partial charge in [0.2, 0.25) is 0 Å². The molecule has 1 unspecified atom stereocenters. The fourth-order valence-electron chi connectivity index (χ4n) is 1.66. The summed E-state index contributed by atoms with van der Waals surface area (Å²) in [5.74, 6) is -0.459. The number of carbonyl (C=O) groups is 1. The lowest BCUT2D eigenvalue weighted by Crippen LogP contribution is -2.27. The van der Waals surface area contributed by atoms with E-state index in [1.807, 2.05) is 0 Å². The summed E-state index contributed by atoms with van der Waals surface area (Å²) >= 11 is 0. The second-order valence-electron chi connectivity index (χ2n) is 4.25. The molecule has 0 saturated carbocycles. The summed E-state index contributed by atoms with van der Waals surface area (Å²) in [6.45, 7) is 4.76. The molecule has 0 heterocycles. The van der Waals surface area contributed by atoms with Crippen LogP contribution in [0.1, 0.15) is 38.3 Å². The van der Waals surface area contributed by atoms with E-state index in [2.05, 4.69) is 0 Å². The van der Waals surface area contributed by atoms with Gasteiger partial charge in [0.15, 0.2) is 0 Å². The second kappa shape index (κ2) is 5.00. The summed E-state index contributed by atoms with van der Waals surface area (Å²) in [5, 5.41) is 0. The summed E-state index contributed by atoms with van der Waals surface area (Å²) in [6, 6.07) is 4.67. The molecule has 1 aromatic rings. The van der Waals surface area contributed by atoms with Crippen molar-refractivity contribution in [1.82, 2.24) is 0 Å². The van der Waals surface area contributed by atoms with E-state index in [-0.39, 0.29) is 0 Å². The first-order valence-electron chi connectivity index (χ1n) is 5.56. The predicted octanol–water partition coefficient (Wildman–Crippen LogP) is 3.89. The van der Waals surface area contributed by atoms with Gasteiger partial charge in [0, 0.05) is 6.92 Å². The van der Waals surface area contributed by atoms with Gasteiger partial charge >= 0.3 is 12.1 Å². The molecule has 18 heavy (non-hydrogen) atoms. The normalized spacial score (nSPS) is 15.0. The van der Waals surface area contributed by atoms with Crippen LogP contribution in [0.25, 0.3) is 0 Å². The highest BCUT2D eigenvalue weighted by Crippen LogP contribution is 2.33. The molecule has 1 atom stereocenters. The van der Waals surface area contributed by atoms with E-state index >= 15 is 0 Å². The lowest BCUT2D eigenvalue weighted by Gasteiger charge is -2.28. The Kier molecular flexibility index (Phi) is 4.04. The van der Waals surface area contributed by atoms with Gasteiger partial charge in [-0.15, -0.1) is 0 Å². The number of carbonyl (C=O) groups excluding carboxylic acids is 1. The number of ether oxygens (including phenoxy) is 1. The molecule has 0 aliphatic heterocycles. The Morgan fingerprint density at radius 2 is 1.61 bits per heavy atom. The van der Waals surface area contributed by atoms with Gasteiger partial charge in [0.1, 0.15) is 5.60 Å². The quantitative estimate of drug-likeness (QED) is 0.770. The van der Waals surface area contributed by atoms with Crippen LogP contribution in [-0.2, 0) is 21.3 Å². The van der Waals surface area contributed by atoms with E-state index in [1.54, 1.807) is 13.8 Å². The van der Waals surface area contributed by atoms with Crippen molar-refractivity contribution < 1.29 is 22.7 Å². The third-order valence-electron chi connectivity index (χ3n) is 2.87. The molecule has 0 N–H and O–H groups in total. The first-order valence-corrected chi connectivity index (χ1v) is 5.56. The number of halogens is 3. The first kappa shape index (κ1) is 14.5. The summed E-state index contributed by atoms with van der Waals surface area (Å²) in [6.07, 6.45) is -3.87. The topological polar surface area (TPSA) is 26.3 Å². The van der Waals surface area contributed by atoms with Crippen LogP contribution in [0.3, 0.4) is 0 Å². The fourth-order valence-corrected chi connectivity index (χ4v) is 1.66. The molecule has 0 amide bonds. The lowest BCUT2D eigenvalue weighted by molar-refractivity contribution is -0.157. The molecular formula is C13H15F3O2. The summed E-state index contributed by atoms with van der Waals surface area (Å²) < 4.78 is 42.4. The molecule has 5 heteroatoms. The number of rotatable bonds is 3. The summed E-state index contributed by atoms with van der Waals surface area (Å²) in [5.41, 5.74) is -1.06. The summed E-state index contributed by atoms with van der Waals surface area (Å²) in [4.78, 5) is 11.0. The van der Waals surface area contributed by atoms with Crippen molar-refractivity contribution in [2.45, 2.75) is 39.0 Å². The van der Waals surface area contributed by atoms with Crippen molar-refractivity contribution in [2.75, 3.05) is 0 Å². The van der Waals surface area contributed by atoms with Crippen LogP contribution in [-0.4, -0.2) is 5.97 Å². The number of benzene rings is 1. The second-order valence-corrected chi connectivity index (χ2v) is 4.25. The monoisotopic (exact) mass is 260 g/mol. The highest BCUT2D eigenvalue weighted by molar-refractivity contribution is 5.66. The standard InChI is InChI=1S/C13H15F3O2/c1-4-12(3,18-9(2)17)10-5-7-11(8-6-10)13(14,15)16/h5-8H,4H2,1-3H3. The SMILES string of the molecule is CCC(C)(OC(C)=O)c1ccc(C(F)(F)F)cc1. The Hall–Kier alpha value is -1.52. The van der Waals surface area contributed by atoms with Gasteiger partial charge in [-0.3, -0.25) is 4.79 Å². The van der Waals surface area contributed by atoms with Crippen LogP contribution >= 0.6 is 0 Å². The highest BCUT2D eigenvalue weighted by atomic mass is 19.4. The van der Waals surface area contributed by atoms with Gasteiger partial charge in [0.25, 0.3) is 0 Å². The minimum absolute atomic E-state index is 0.459. The van der Waals surface area contributed by atoms with Crippen LogP contribution in [0.2, 0.25) is 0 Å². The molecule has 1 rings (SSSR count). The number of hydrogen-bond acceptors (Lipinski definition) is 2. The molecule has 0 spiro atoms. The highest BCUT2D eigenvalue weighted by Gasteiger charge is 2.32. The Labute approximate surface area is 104 Å². The largest absolute Gasteiger partial charge is 0.455 e. The van der Waals surface area contributed by atoms with E-state index < -0.39 is 23.3 Å². The van der Waals surface area contributed by atoms with Crippen molar-refractivity contribution in [3.63, 3.8) is 0 Å². The van der Waals surface area contributed by atoms with Crippen LogP contribution in [0.4, 0.5) is 13.2 Å². The zero-order valence-electron chi connectivity index (χ0n) is 10.5. The maximum absolute atomic E-state index is 12.4. The number of alkyl halides is 3. The van der Waals surface area contributed by atoms with Crippen molar-refractivity contribution in [1.29, 1.82) is 0 Å². The van der Waals surface area contributed by atoms with Crippen molar-refractivity contribution >= 4 is 5.97 Å². The molecule has 100 valence electrons. The maximum atomic E-state index is 12.4. The molecular weight excluding hydrogens is 245 g/mol. The Balaban J connectivity index is 3.06. The van der Waals surface area contributed by atoms with Gasteiger partial charge in [-0.05, 0) is 31.0 Å². The third kappa shape index (κ3) is 3.24. The molecule has 1 aromatic carbocycles. The number of hydrogen-bond donors (Lipinski definition) is 0. The number of esters is 1. The van der Waals surface area contributed by atoms with E-state index in [9.17, 15) is 18.0 Å². The average molecular weight is 260 g/mol. The molecule has 0 bridgehead atoms. The van der Waals surface area contributed by atoms with Crippen molar-refractivity contribution in [2.24, 2.45) is 0 Å². The summed E-state index contributed by atoms with van der Waals surface area (Å²) in [7, 11) is 0. The Morgan fingerprint density at radius 3 is 1.94 bits per heavy atom. The van der Waals surface area contributed by atoms with Gasteiger partial charge in [-0.1, -0.05) is 19.1 Å². The van der Waals surface area contributed by atoms with Crippen LogP contribution in [0, 0.1) is 0 Å². The fraction of sp³-hybridized carbons (Fsp3) is 0.462. The molecule has 0 aliphatic carbocycles. The van der Waals surface area contributed by atoms with Crippen LogP contribution < -0.4 is 0 Å². The molecule has 0 aromatic heterocycles. The molecule has 0 radical (unpaired) electrons. The minimum Gasteiger partial charge on any atom is -0.455 e. The molecule has 0 saturated heterocycles. The third-order valence-corrected chi connectivity index (χ3v) is 2.87. The van der Waals surface area contributed by atoms with Crippen molar-refractivity contribution in [3.05, 3.63) is 35.4 Å². The minimum atomic E-state index is -4.36. The van der Waals surface area contributed by atoms with Gasteiger partial charge < -0.3 is 4.74 Å². The molecule has 2 nitrogen and oxygen atoms in total. The van der Waals surface area contributed by atoms with Crippen molar-refractivity contribution in [3.8, 4) is 0 Å². The zero-order chi connectivity index (χ0) is 14.0. The van der Waals surface area contributed by atoms with E-state index in [4.69, 9.17) is 4.74 Å². The van der Waals surface area contributed by atoms with E-state index in [1.165, 1.54) is 19.1 Å². The predicted molar refractivity (Wildman–Crippen MR) is 60.9 cm³/mol. The average Bonchev–Trinajstić information content (AvgIpc) is 2.27.